The molecule has 0 spiro atoms. The number of nitriles is 1. The topological polar surface area (TPSA) is 56.6 Å². The van der Waals surface area contributed by atoms with Crippen molar-refractivity contribution in [2.24, 2.45) is 0 Å². The zero-order valence-electron chi connectivity index (χ0n) is 10.7. The molecule has 0 aliphatic heterocycles. The van der Waals surface area contributed by atoms with Crippen molar-refractivity contribution in [1.29, 1.82) is 5.26 Å². The molecular weight excluding hydrogens is 335 g/mol. The fourth-order valence-corrected chi connectivity index (χ4v) is 2.76. The number of benzene rings is 2. The van der Waals surface area contributed by atoms with E-state index in [4.69, 9.17) is 5.26 Å². The molecule has 0 aliphatic rings. The maximum Gasteiger partial charge on any atom is 0.199 e. The number of fused-ring (bicyclic) bond motifs is 1. The second kappa shape index (κ2) is 5.15. The first-order chi connectivity index (χ1) is 10.1. The molecule has 1 heterocycles. The number of ketones is 1. The Morgan fingerprint density at radius 1 is 1.29 bits per heavy atom. The van der Waals surface area contributed by atoms with Crippen molar-refractivity contribution in [2.75, 3.05) is 0 Å². The highest BCUT2D eigenvalue weighted by atomic mass is 79.9. The predicted molar refractivity (Wildman–Crippen MR) is 80.5 cm³/mol. The molecule has 102 valence electrons. The number of halogens is 2. The van der Waals surface area contributed by atoms with Gasteiger partial charge in [0.2, 0.25) is 0 Å². The van der Waals surface area contributed by atoms with Gasteiger partial charge in [0.05, 0.1) is 17.2 Å². The van der Waals surface area contributed by atoms with Crippen LogP contribution in [0.25, 0.3) is 10.9 Å². The molecular formula is C16H8BrFN2O. The van der Waals surface area contributed by atoms with Gasteiger partial charge in [0, 0.05) is 27.1 Å². The minimum Gasteiger partial charge on any atom is -0.360 e. The van der Waals surface area contributed by atoms with Crippen LogP contribution in [0.3, 0.4) is 0 Å². The zero-order chi connectivity index (χ0) is 15.0. The largest absolute Gasteiger partial charge is 0.360 e. The molecule has 1 N–H and O–H groups in total. The summed E-state index contributed by atoms with van der Waals surface area (Å²) in [6.07, 6.45) is 1.53. The Balaban J connectivity index is 2.17. The van der Waals surface area contributed by atoms with Gasteiger partial charge < -0.3 is 4.98 Å². The SMILES string of the molecule is N#Cc1ccc2c(C(=O)c3c(F)cccc3Br)c[nH]c2c1. The normalized spacial score (nSPS) is 10.5. The number of H-pyrrole nitrogens is 1. The maximum atomic E-state index is 13.9. The fourth-order valence-electron chi connectivity index (χ4n) is 2.23. The van der Waals surface area contributed by atoms with Crippen LogP contribution in [0.4, 0.5) is 4.39 Å². The van der Waals surface area contributed by atoms with Crippen LogP contribution in [0, 0.1) is 17.1 Å². The summed E-state index contributed by atoms with van der Waals surface area (Å²) in [5, 5.41) is 9.54. The highest BCUT2D eigenvalue weighted by Gasteiger charge is 2.20. The van der Waals surface area contributed by atoms with E-state index in [-0.39, 0.29) is 5.56 Å². The Bertz CT molecular complexity index is 888. The smallest absolute Gasteiger partial charge is 0.199 e. The van der Waals surface area contributed by atoms with Crippen LogP contribution in [0.5, 0.6) is 0 Å². The van der Waals surface area contributed by atoms with Gasteiger partial charge in [0.25, 0.3) is 0 Å². The van der Waals surface area contributed by atoms with E-state index < -0.39 is 11.6 Å². The molecule has 1 aromatic heterocycles. The molecule has 0 radical (unpaired) electrons. The lowest BCUT2D eigenvalue weighted by Gasteiger charge is -2.04. The average molecular weight is 343 g/mol. The Morgan fingerprint density at radius 3 is 2.81 bits per heavy atom. The molecule has 5 heteroatoms. The van der Waals surface area contributed by atoms with E-state index in [9.17, 15) is 9.18 Å². The summed E-state index contributed by atoms with van der Waals surface area (Å²) in [5.41, 5.74) is 1.54. The summed E-state index contributed by atoms with van der Waals surface area (Å²) in [6.45, 7) is 0. The number of aromatic amines is 1. The van der Waals surface area contributed by atoms with Crippen molar-refractivity contribution in [3.05, 3.63) is 69.6 Å². The van der Waals surface area contributed by atoms with E-state index in [1.807, 2.05) is 6.07 Å². The summed E-state index contributed by atoms with van der Waals surface area (Å²) in [7, 11) is 0. The van der Waals surface area contributed by atoms with Gasteiger partial charge >= 0.3 is 0 Å². The summed E-state index contributed by atoms with van der Waals surface area (Å²) in [6, 6.07) is 11.4. The molecule has 0 saturated heterocycles. The summed E-state index contributed by atoms with van der Waals surface area (Å²) in [5.74, 6) is -0.978. The minimum atomic E-state index is -0.572. The third kappa shape index (κ3) is 2.24. The highest BCUT2D eigenvalue weighted by Crippen LogP contribution is 2.27. The summed E-state index contributed by atoms with van der Waals surface area (Å²) in [4.78, 5) is 15.5. The lowest BCUT2D eigenvalue weighted by molar-refractivity contribution is 0.103. The molecule has 0 bridgehead atoms. The molecule has 2 aromatic carbocycles. The first-order valence-electron chi connectivity index (χ1n) is 6.12. The van der Waals surface area contributed by atoms with Gasteiger partial charge in [0.15, 0.2) is 5.78 Å². The second-order valence-corrected chi connectivity index (χ2v) is 5.35. The number of rotatable bonds is 2. The minimum absolute atomic E-state index is 0.00256. The van der Waals surface area contributed by atoms with Crippen molar-refractivity contribution in [3.63, 3.8) is 0 Å². The first kappa shape index (κ1) is 13.5. The van der Waals surface area contributed by atoms with Crippen LogP contribution in [-0.4, -0.2) is 10.8 Å². The fraction of sp³-hybridized carbons (Fsp3) is 0. The van der Waals surface area contributed by atoms with Crippen LogP contribution in [-0.2, 0) is 0 Å². The number of carbonyl (C=O) groups excluding carboxylic acids is 1. The van der Waals surface area contributed by atoms with Gasteiger partial charge in [-0.3, -0.25) is 4.79 Å². The second-order valence-electron chi connectivity index (χ2n) is 4.50. The molecule has 0 fully saturated rings. The molecule has 3 rings (SSSR count). The zero-order valence-corrected chi connectivity index (χ0v) is 12.2. The Hall–Kier alpha value is -2.45. The number of aromatic nitrogens is 1. The lowest BCUT2D eigenvalue weighted by Crippen LogP contribution is -2.04. The molecule has 3 aromatic rings. The van der Waals surface area contributed by atoms with Crippen molar-refractivity contribution in [3.8, 4) is 6.07 Å². The van der Waals surface area contributed by atoms with Crippen molar-refractivity contribution >= 4 is 32.6 Å². The number of nitrogens with zero attached hydrogens (tertiary/aromatic N) is 1. The number of hydrogen-bond donors (Lipinski definition) is 1. The molecule has 0 atom stereocenters. The van der Waals surface area contributed by atoms with Crippen molar-refractivity contribution in [2.45, 2.75) is 0 Å². The van der Waals surface area contributed by atoms with Crippen LogP contribution < -0.4 is 0 Å². The highest BCUT2D eigenvalue weighted by molar-refractivity contribution is 9.10. The summed E-state index contributed by atoms with van der Waals surface area (Å²) < 4.78 is 14.3. The van der Waals surface area contributed by atoms with Crippen LogP contribution in [0.15, 0.2) is 47.1 Å². The van der Waals surface area contributed by atoms with Gasteiger partial charge in [-0.2, -0.15) is 5.26 Å². The predicted octanol–water partition coefficient (Wildman–Crippen LogP) is 4.17. The van der Waals surface area contributed by atoms with Gasteiger partial charge in [0.1, 0.15) is 5.82 Å². The van der Waals surface area contributed by atoms with E-state index >= 15 is 0 Å². The molecule has 0 saturated carbocycles. The van der Waals surface area contributed by atoms with Crippen LogP contribution >= 0.6 is 15.9 Å². The standard InChI is InChI=1S/C16H8BrFN2O/c17-12-2-1-3-13(18)15(12)16(21)11-8-20-14-6-9(7-19)4-5-10(11)14/h1-6,8,20H. The van der Waals surface area contributed by atoms with E-state index in [2.05, 4.69) is 20.9 Å². The van der Waals surface area contributed by atoms with Gasteiger partial charge in [-0.15, -0.1) is 0 Å². The molecule has 3 nitrogen and oxygen atoms in total. The molecule has 0 aliphatic carbocycles. The lowest BCUT2D eigenvalue weighted by atomic mass is 10.0. The molecule has 0 amide bonds. The Labute approximate surface area is 128 Å². The van der Waals surface area contributed by atoms with Gasteiger partial charge in [-0.1, -0.05) is 12.1 Å². The van der Waals surface area contributed by atoms with E-state index in [0.717, 1.165) is 0 Å². The number of carbonyl (C=O) groups is 1. The Kier molecular flexibility index (Phi) is 3.32. The van der Waals surface area contributed by atoms with Crippen LogP contribution in [0.1, 0.15) is 21.5 Å². The third-order valence-electron chi connectivity index (χ3n) is 3.25. The van der Waals surface area contributed by atoms with E-state index in [1.165, 1.54) is 18.3 Å². The Morgan fingerprint density at radius 2 is 2.10 bits per heavy atom. The van der Waals surface area contributed by atoms with Crippen molar-refractivity contribution < 1.29 is 9.18 Å². The van der Waals surface area contributed by atoms with E-state index in [1.54, 1.807) is 24.3 Å². The molecule has 0 unspecified atom stereocenters. The quantitative estimate of drug-likeness (QED) is 0.710. The average Bonchev–Trinajstić information content (AvgIpc) is 2.89. The van der Waals surface area contributed by atoms with Gasteiger partial charge in [-0.25, -0.2) is 4.39 Å². The number of nitrogens with one attached hydrogen (secondary N) is 1. The van der Waals surface area contributed by atoms with E-state index in [0.29, 0.717) is 26.5 Å². The monoisotopic (exact) mass is 342 g/mol. The maximum absolute atomic E-state index is 13.9. The first-order valence-corrected chi connectivity index (χ1v) is 6.91. The third-order valence-corrected chi connectivity index (χ3v) is 3.91. The van der Waals surface area contributed by atoms with Gasteiger partial charge in [-0.05, 0) is 40.2 Å². The molecule has 21 heavy (non-hydrogen) atoms. The summed E-state index contributed by atoms with van der Waals surface area (Å²) >= 11 is 3.21. The number of hydrogen-bond acceptors (Lipinski definition) is 2. The van der Waals surface area contributed by atoms with Crippen LogP contribution in [0.2, 0.25) is 0 Å². The van der Waals surface area contributed by atoms with Crippen molar-refractivity contribution in [1.82, 2.24) is 4.98 Å².